The van der Waals surface area contributed by atoms with Crippen molar-refractivity contribution < 1.29 is 4.74 Å². The fraction of sp³-hybridized carbons (Fsp3) is 0.294. The zero-order valence-electron chi connectivity index (χ0n) is 11.9. The molecule has 0 aliphatic heterocycles. The summed E-state index contributed by atoms with van der Waals surface area (Å²) in [5, 5.41) is 1.07. The minimum Gasteiger partial charge on any atom is -0.486 e. The lowest BCUT2D eigenvalue weighted by Crippen LogP contribution is -2.15. The number of ether oxygens (including phenoxy) is 1. The van der Waals surface area contributed by atoms with Crippen molar-refractivity contribution in [1.29, 1.82) is 0 Å². The highest BCUT2D eigenvalue weighted by atomic mass is 35.5. The molecule has 0 atom stereocenters. The average Bonchev–Trinajstić information content (AvgIpc) is 2.37. The predicted octanol–water partition coefficient (Wildman–Crippen LogP) is 5.87. The standard InChI is InChI=1S/C17H18Cl2O/c1-17(2,3)13-8-5-4-7-12(13)11-20-16-14(18)9-6-10-15(16)19/h4-10H,11H2,1-3H3. The maximum atomic E-state index is 6.12. The summed E-state index contributed by atoms with van der Waals surface area (Å²) in [5.74, 6) is 0.541. The number of hydrogen-bond acceptors (Lipinski definition) is 1. The highest BCUT2D eigenvalue weighted by Gasteiger charge is 2.18. The normalized spacial score (nSPS) is 11.4. The zero-order chi connectivity index (χ0) is 14.8. The molecule has 3 heteroatoms. The first-order valence-corrected chi connectivity index (χ1v) is 7.30. The van der Waals surface area contributed by atoms with Gasteiger partial charge in [-0.2, -0.15) is 0 Å². The molecule has 0 aliphatic carbocycles. The van der Waals surface area contributed by atoms with Crippen LogP contribution in [0.25, 0.3) is 0 Å². The minimum absolute atomic E-state index is 0.0736. The average molecular weight is 309 g/mol. The second-order valence-corrected chi connectivity index (χ2v) is 6.56. The zero-order valence-corrected chi connectivity index (χ0v) is 13.4. The summed E-state index contributed by atoms with van der Waals surface area (Å²) >= 11 is 12.2. The van der Waals surface area contributed by atoms with E-state index in [-0.39, 0.29) is 5.41 Å². The van der Waals surface area contributed by atoms with Crippen LogP contribution in [0.15, 0.2) is 42.5 Å². The van der Waals surface area contributed by atoms with Crippen molar-refractivity contribution in [3.05, 3.63) is 63.6 Å². The molecule has 106 valence electrons. The van der Waals surface area contributed by atoms with Crippen molar-refractivity contribution in [1.82, 2.24) is 0 Å². The number of halogens is 2. The highest BCUT2D eigenvalue weighted by Crippen LogP contribution is 2.34. The van der Waals surface area contributed by atoms with Gasteiger partial charge in [0, 0.05) is 0 Å². The second kappa shape index (κ2) is 6.07. The highest BCUT2D eigenvalue weighted by molar-refractivity contribution is 6.37. The maximum absolute atomic E-state index is 6.12. The van der Waals surface area contributed by atoms with Crippen molar-refractivity contribution in [2.24, 2.45) is 0 Å². The molecule has 0 unspecified atom stereocenters. The van der Waals surface area contributed by atoms with Crippen molar-refractivity contribution in [2.45, 2.75) is 32.8 Å². The smallest absolute Gasteiger partial charge is 0.156 e. The van der Waals surface area contributed by atoms with Crippen molar-refractivity contribution in [3.63, 3.8) is 0 Å². The van der Waals surface area contributed by atoms with E-state index in [1.54, 1.807) is 18.2 Å². The van der Waals surface area contributed by atoms with E-state index in [4.69, 9.17) is 27.9 Å². The third kappa shape index (κ3) is 3.47. The first-order valence-electron chi connectivity index (χ1n) is 6.55. The summed E-state index contributed by atoms with van der Waals surface area (Å²) in [6.45, 7) is 7.02. The molecule has 0 aromatic heterocycles. The molecular formula is C17H18Cl2O. The number of rotatable bonds is 3. The Morgan fingerprint density at radius 2 is 1.50 bits per heavy atom. The van der Waals surface area contributed by atoms with Gasteiger partial charge in [0.05, 0.1) is 10.0 Å². The molecule has 0 spiro atoms. The fourth-order valence-corrected chi connectivity index (χ4v) is 2.65. The first-order chi connectivity index (χ1) is 9.39. The largest absolute Gasteiger partial charge is 0.486 e. The Labute approximate surface area is 130 Å². The summed E-state index contributed by atoms with van der Waals surface area (Å²) < 4.78 is 5.83. The van der Waals surface area contributed by atoms with Gasteiger partial charge in [0.2, 0.25) is 0 Å². The van der Waals surface area contributed by atoms with Crippen LogP contribution in [0, 0.1) is 0 Å². The molecule has 0 fully saturated rings. The van der Waals surface area contributed by atoms with E-state index in [1.165, 1.54) is 5.56 Å². The lowest BCUT2D eigenvalue weighted by Gasteiger charge is -2.23. The van der Waals surface area contributed by atoms with Gasteiger partial charge in [-0.1, -0.05) is 74.3 Å². The van der Waals surface area contributed by atoms with E-state index in [9.17, 15) is 0 Å². The summed E-state index contributed by atoms with van der Waals surface area (Å²) in [6, 6.07) is 13.6. The van der Waals surface area contributed by atoms with Crippen LogP contribution in [0.1, 0.15) is 31.9 Å². The topological polar surface area (TPSA) is 9.23 Å². The molecular weight excluding hydrogens is 291 g/mol. The van der Waals surface area contributed by atoms with Gasteiger partial charge in [-0.05, 0) is 28.7 Å². The lowest BCUT2D eigenvalue weighted by molar-refractivity contribution is 0.303. The molecule has 0 aliphatic rings. The minimum atomic E-state index is 0.0736. The Balaban J connectivity index is 2.24. The van der Waals surface area contributed by atoms with Gasteiger partial charge in [-0.15, -0.1) is 0 Å². The molecule has 20 heavy (non-hydrogen) atoms. The number of para-hydroxylation sites is 1. The van der Waals surface area contributed by atoms with E-state index in [1.807, 2.05) is 12.1 Å². The summed E-state index contributed by atoms with van der Waals surface area (Å²) in [6.07, 6.45) is 0. The van der Waals surface area contributed by atoms with Gasteiger partial charge in [-0.25, -0.2) is 0 Å². The Kier molecular flexibility index (Phi) is 4.62. The third-order valence-electron chi connectivity index (χ3n) is 3.12. The van der Waals surface area contributed by atoms with Gasteiger partial charge < -0.3 is 4.74 Å². The lowest BCUT2D eigenvalue weighted by atomic mass is 9.84. The number of hydrogen-bond donors (Lipinski definition) is 0. The van der Waals surface area contributed by atoms with Crippen LogP contribution < -0.4 is 4.74 Å². The maximum Gasteiger partial charge on any atom is 0.156 e. The van der Waals surface area contributed by atoms with Gasteiger partial charge in [-0.3, -0.25) is 0 Å². The van der Waals surface area contributed by atoms with Gasteiger partial charge in [0.15, 0.2) is 5.75 Å². The molecule has 2 aromatic carbocycles. The third-order valence-corrected chi connectivity index (χ3v) is 3.71. The van der Waals surface area contributed by atoms with Crippen LogP contribution in [0.2, 0.25) is 10.0 Å². The molecule has 0 radical (unpaired) electrons. The van der Waals surface area contributed by atoms with Crippen LogP contribution in [0.3, 0.4) is 0 Å². The molecule has 0 amide bonds. The van der Waals surface area contributed by atoms with Crippen LogP contribution >= 0.6 is 23.2 Å². The van der Waals surface area contributed by atoms with E-state index in [0.29, 0.717) is 22.4 Å². The van der Waals surface area contributed by atoms with E-state index < -0.39 is 0 Å². The molecule has 0 heterocycles. The molecule has 1 nitrogen and oxygen atoms in total. The molecule has 0 bridgehead atoms. The molecule has 0 saturated carbocycles. The molecule has 0 N–H and O–H groups in total. The summed E-state index contributed by atoms with van der Waals surface area (Å²) in [5.41, 5.74) is 2.49. The van der Waals surface area contributed by atoms with Gasteiger partial charge >= 0.3 is 0 Å². The van der Waals surface area contributed by atoms with E-state index in [0.717, 1.165) is 5.56 Å². The van der Waals surface area contributed by atoms with Crippen LogP contribution in [-0.2, 0) is 12.0 Å². The Hall–Kier alpha value is -1.18. The second-order valence-electron chi connectivity index (χ2n) is 5.75. The number of benzene rings is 2. The fourth-order valence-electron chi connectivity index (χ4n) is 2.15. The first kappa shape index (κ1) is 15.2. The quantitative estimate of drug-likeness (QED) is 0.689. The van der Waals surface area contributed by atoms with E-state index in [2.05, 4.69) is 32.9 Å². The van der Waals surface area contributed by atoms with Crippen molar-refractivity contribution in [2.75, 3.05) is 0 Å². The Morgan fingerprint density at radius 3 is 2.10 bits per heavy atom. The van der Waals surface area contributed by atoms with Crippen LogP contribution in [0.5, 0.6) is 5.75 Å². The summed E-state index contributed by atoms with van der Waals surface area (Å²) in [4.78, 5) is 0. The van der Waals surface area contributed by atoms with Crippen LogP contribution in [0.4, 0.5) is 0 Å². The Morgan fingerprint density at radius 1 is 0.900 bits per heavy atom. The van der Waals surface area contributed by atoms with E-state index >= 15 is 0 Å². The molecule has 2 aromatic rings. The monoisotopic (exact) mass is 308 g/mol. The van der Waals surface area contributed by atoms with Gasteiger partial charge in [0.1, 0.15) is 6.61 Å². The predicted molar refractivity (Wildman–Crippen MR) is 85.9 cm³/mol. The van der Waals surface area contributed by atoms with Crippen molar-refractivity contribution in [3.8, 4) is 5.75 Å². The Bertz CT molecular complexity index is 580. The van der Waals surface area contributed by atoms with Crippen molar-refractivity contribution >= 4 is 23.2 Å². The van der Waals surface area contributed by atoms with Gasteiger partial charge in [0.25, 0.3) is 0 Å². The van der Waals surface area contributed by atoms with Crippen LogP contribution in [-0.4, -0.2) is 0 Å². The molecule has 0 saturated heterocycles. The SMILES string of the molecule is CC(C)(C)c1ccccc1COc1c(Cl)cccc1Cl. The molecule has 2 rings (SSSR count). The summed E-state index contributed by atoms with van der Waals surface area (Å²) in [7, 11) is 0.